The first kappa shape index (κ1) is 31.9. The van der Waals surface area contributed by atoms with Crippen molar-refractivity contribution in [1.29, 1.82) is 0 Å². The van der Waals surface area contributed by atoms with Gasteiger partial charge in [0.2, 0.25) is 5.91 Å². The molecule has 4 nitrogen and oxygen atoms in total. The monoisotopic (exact) mass is 448 g/mol. The van der Waals surface area contributed by atoms with E-state index in [0.717, 1.165) is 19.3 Å². The Labute approximate surface area is 194 Å². The lowest BCUT2D eigenvalue weighted by Crippen LogP contribution is -3.00. The first-order chi connectivity index (χ1) is 14.0. The van der Waals surface area contributed by atoms with Crippen molar-refractivity contribution in [1.82, 2.24) is 5.32 Å². The van der Waals surface area contributed by atoms with Gasteiger partial charge in [0.05, 0.1) is 20.7 Å². The maximum absolute atomic E-state index is 12.2. The third-order valence-corrected chi connectivity index (χ3v) is 6.24. The van der Waals surface area contributed by atoms with E-state index in [4.69, 9.17) is 0 Å². The quantitative estimate of drug-likeness (QED) is 0.161. The molecule has 30 heavy (non-hydrogen) atoms. The first-order valence-electron chi connectivity index (χ1n) is 12.7. The lowest BCUT2D eigenvalue weighted by Gasteiger charge is -2.37. The molecular weight excluding hydrogens is 396 g/mol. The van der Waals surface area contributed by atoms with Crippen molar-refractivity contribution in [2.24, 2.45) is 0 Å². The average Bonchev–Trinajstić information content (AvgIpc) is 2.68. The summed E-state index contributed by atoms with van der Waals surface area (Å²) in [5.74, 6) is 0.163. The maximum atomic E-state index is 12.2. The molecule has 0 fully saturated rings. The molecule has 182 valence electrons. The number of likely N-dealkylation sites (N-methyl/N-ethyl adjacent to an activating group) is 1. The number of carbonyl (C=O) groups excluding carboxylic acids is 1. The van der Waals surface area contributed by atoms with Crippen molar-refractivity contribution in [3.63, 3.8) is 0 Å². The summed E-state index contributed by atoms with van der Waals surface area (Å²) >= 11 is 0. The van der Waals surface area contributed by atoms with Crippen molar-refractivity contribution in [2.45, 2.75) is 129 Å². The fourth-order valence-corrected chi connectivity index (χ4v) is 4.10. The summed E-state index contributed by atoms with van der Waals surface area (Å²) in [7, 11) is 4.14. The van der Waals surface area contributed by atoms with Crippen LogP contribution in [0, 0.1) is 0 Å². The molecule has 0 bridgehead atoms. The van der Waals surface area contributed by atoms with Crippen LogP contribution in [-0.2, 0) is 4.79 Å². The van der Waals surface area contributed by atoms with Crippen LogP contribution in [0.25, 0.3) is 0 Å². The number of hydrogen-bond acceptors (Lipinski definition) is 2. The molecule has 0 aliphatic heterocycles. The molecule has 0 saturated heterocycles. The zero-order valence-electron chi connectivity index (χ0n) is 20.7. The Bertz CT molecular complexity index is 378. The zero-order valence-corrected chi connectivity index (χ0v) is 21.4. The molecular formula is C25H53ClN2O2. The summed E-state index contributed by atoms with van der Waals surface area (Å²) in [6.07, 6.45) is 21.8. The van der Waals surface area contributed by atoms with E-state index in [1.54, 1.807) is 0 Å². The molecule has 0 aliphatic carbocycles. The summed E-state index contributed by atoms with van der Waals surface area (Å²) in [6, 6.07) is 0. The van der Waals surface area contributed by atoms with E-state index in [1.807, 2.05) is 0 Å². The van der Waals surface area contributed by atoms with Crippen LogP contribution in [0.4, 0.5) is 0 Å². The van der Waals surface area contributed by atoms with Crippen LogP contribution in [0.2, 0.25) is 0 Å². The minimum Gasteiger partial charge on any atom is -1.00 e. The maximum Gasteiger partial charge on any atom is 0.224 e. The minimum absolute atomic E-state index is 0. The smallest absolute Gasteiger partial charge is 0.224 e. The van der Waals surface area contributed by atoms with Gasteiger partial charge < -0.3 is 27.3 Å². The summed E-state index contributed by atoms with van der Waals surface area (Å²) in [5.41, 5.74) is 0. The Morgan fingerprint density at radius 2 is 1.17 bits per heavy atom. The number of aliphatic hydroxyl groups is 1. The number of aliphatic hydroxyl groups excluding tert-OH is 1. The molecule has 2 N–H and O–H groups in total. The number of halogens is 1. The molecule has 0 aromatic carbocycles. The van der Waals surface area contributed by atoms with Gasteiger partial charge in [-0.25, -0.2) is 0 Å². The van der Waals surface area contributed by atoms with Gasteiger partial charge in [0, 0.05) is 12.8 Å². The van der Waals surface area contributed by atoms with E-state index in [9.17, 15) is 9.90 Å². The zero-order chi connectivity index (χ0) is 21.8. The number of hydrogen-bond donors (Lipinski definition) is 2. The number of quaternary nitrogens is 1. The fraction of sp³-hybridized carbons (Fsp3) is 0.960. The number of rotatable bonds is 21. The topological polar surface area (TPSA) is 49.3 Å². The highest BCUT2D eigenvalue weighted by Gasteiger charge is 2.27. The average molecular weight is 449 g/mol. The Morgan fingerprint density at radius 3 is 1.53 bits per heavy atom. The Balaban J connectivity index is 0. The number of nitrogens with one attached hydrogen (secondary N) is 1. The second kappa shape index (κ2) is 21.9. The van der Waals surface area contributed by atoms with Crippen LogP contribution < -0.4 is 17.7 Å². The van der Waals surface area contributed by atoms with Crippen molar-refractivity contribution >= 4 is 5.91 Å². The Kier molecular flexibility index (Phi) is 23.3. The molecule has 0 aromatic rings. The van der Waals surface area contributed by atoms with Crippen molar-refractivity contribution in [3.05, 3.63) is 0 Å². The third kappa shape index (κ3) is 18.4. The van der Waals surface area contributed by atoms with Crippen LogP contribution in [0.3, 0.4) is 0 Å². The number of carbonyl (C=O) groups is 1. The van der Waals surface area contributed by atoms with E-state index in [-0.39, 0.29) is 31.1 Å². The van der Waals surface area contributed by atoms with Gasteiger partial charge in [0.25, 0.3) is 0 Å². The van der Waals surface area contributed by atoms with Gasteiger partial charge in [-0.1, -0.05) is 104 Å². The number of unbranched alkanes of at least 4 members (excludes halogenated alkanes) is 14. The summed E-state index contributed by atoms with van der Waals surface area (Å²) in [4.78, 5) is 12.2. The molecule has 0 aliphatic rings. The fourth-order valence-electron chi connectivity index (χ4n) is 4.10. The summed E-state index contributed by atoms with van der Waals surface area (Å²) < 4.78 is 0.637. The highest BCUT2D eigenvalue weighted by atomic mass is 35.5. The predicted octanol–water partition coefficient (Wildman–Crippen LogP) is 3.17. The van der Waals surface area contributed by atoms with Crippen molar-refractivity contribution < 1.29 is 26.8 Å². The van der Waals surface area contributed by atoms with Crippen molar-refractivity contribution in [3.8, 4) is 0 Å². The molecule has 1 amide bonds. The Hall–Kier alpha value is -0.320. The second-order valence-corrected chi connectivity index (χ2v) is 9.42. The van der Waals surface area contributed by atoms with Crippen LogP contribution in [-0.4, -0.2) is 48.9 Å². The normalized spacial score (nSPS) is 12.4. The van der Waals surface area contributed by atoms with Gasteiger partial charge in [0.15, 0.2) is 6.17 Å². The van der Waals surface area contributed by atoms with Crippen LogP contribution >= 0.6 is 0 Å². The van der Waals surface area contributed by atoms with Crippen molar-refractivity contribution in [2.75, 3.05) is 27.2 Å². The SMILES string of the molecule is CCCCCCCCCCCCCCCCCC(=O)NC(CC)[N+](C)(C)CCO.[Cl-]. The highest BCUT2D eigenvalue weighted by molar-refractivity contribution is 5.75. The lowest BCUT2D eigenvalue weighted by molar-refractivity contribution is -0.917. The molecule has 0 spiro atoms. The Morgan fingerprint density at radius 1 is 0.767 bits per heavy atom. The number of nitrogens with zero attached hydrogens (tertiary/aromatic N) is 1. The standard InChI is InChI=1S/C25H52N2O2.ClH/c1-5-7-8-9-10-11-12-13-14-15-16-17-18-19-20-21-25(29)26-24(6-2)27(3,4)22-23-28;/h24,28H,5-23H2,1-4H3;1H. The highest BCUT2D eigenvalue weighted by Crippen LogP contribution is 2.14. The van der Waals surface area contributed by atoms with Gasteiger partial charge >= 0.3 is 0 Å². The molecule has 0 rings (SSSR count). The molecule has 0 radical (unpaired) electrons. The van der Waals surface area contributed by atoms with Gasteiger partial charge in [-0.3, -0.25) is 4.79 Å². The second-order valence-electron chi connectivity index (χ2n) is 9.42. The molecule has 1 unspecified atom stereocenters. The molecule has 1 atom stereocenters. The first-order valence-corrected chi connectivity index (χ1v) is 12.7. The van der Waals surface area contributed by atoms with Gasteiger partial charge in [-0.2, -0.15) is 0 Å². The van der Waals surface area contributed by atoms with E-state index < -0.39 is 0 Å². The van der Waals surface area contributed by atoms with Gasteiger partial charge in [-0.15, -0.1) is 0 Å². The molecule has 0 saturated carbocycles. The summed E-state index contributed by atoms with van der Waals surface area (Å²) in [6.45, 7) is 5.19. The van der Waals surface area contributed by atoms with E-state index in [2.05, 4.69) is 33.3 Å². The number of amides is 1. The molecule has 0 heterocycles. The van der Waals surface area contributed by atoms with Crippen LogP contribution in [0.5, 0.6) is 0 Å². The molecule has 5 heteroatoms. The summed E-state index contributed by atoms with van der Waals surface area (Å²) in [5, 5.41) is 12.4. The van der Waals surface area contributed by atoms with E-state index in [0.29, 0.717) is 17.4 Å². The lowest BCUT2D eigenvalue weighted by atomic mass is 10.0. The van der Waals surface area contributed by atoms with E-state index in [1.165, 1.54) is 83.5 Å². The van der Waals surface area contributed by atoms with Gasteiger partial charge in [0.1, 0.15) is 6.54 Å². The largest absolute Gasteiger partial charge is 1.00 e. The van der Waals surface area contributed by atoms with Gasteiger partial charge in [-0.05, 0) is 6.42 Å². The predicted molar refractivity (Wildman–Crippen MR) is 126 cm³/mol. The van der Waals surface area contributed by atoms with Crippen LogP contribution in [0.1, 0.15) is 123 Å². The molecule has 0 aromatic heterocycles. The minimum atomic E-state index is 0. The van der Waals surface area contributed by atoms with E-state index >= 15 is 0 Å². The third-order valence-electron chi connectivity index (χ3n) is 6.24. The van der Waals surface area contributed by atoms with Crippen LogP contribution in [0.15, 0.2) is 0 Å².